The quantitative estimate of drug-likeness (QED) is 0.707. The van der Waals surface area contributed by atoms with Gasteiger partial charge in [0, 0.05) is 17.0 Å². The van der Waals surface area contributed by atoms with E-state index in [1.54, 1.807) is 21.3 Å². The molecule has 0 saturated carbocycles. The number of rotatable bonds is 4. The van der Waals surface area contributed by atoms with Crippen molar-refractivity contribution >= 4 is 10.9 Å². The van der Waals surface area contributed by atoms with Gasteiger partial charge in [0.25, 0.3) is 0 Å². The molecule has 1 aromatic heterocycles. The third kappa shape index (κ3) is 2.54. The summed E-state index contributed by atoms with van der Waals surface area (Å²) in [6, 6.07) is 9.68. The normalized spacial score (nSPS) is 12.3. The second-order valence-electron chi connectivity index (χ2n) is 5.96. The molecule has 26 heavy (non-hydrogen) atoms. The van der Waals surface area contributed by atoms with Crippen LogP contribution in [0.4, 0.5) is 0 Å². The lowest BCUT2D eigenvalue weighted by Crippen LogP contribution is -1.95. The molecule has 6 nitrogen and oxygen atoms in total. The van der Waals surface area contributed by atoms with Gasteiger partial charge in [0.2, 0.25) is 12.5 Å². The number of methoxy groups -OCH3 is 3. The minimum Gasteiger partial charge on any atom is -0.493 e. The zero-order valence-electron chi connectivity index (χ0n) is 15.1. The Kier molecular flexibility index (Phi) is 3.95. The maximum atomic E-state index is 5.52. The summed E-state index contributed by atoms with van der Waals surface area (Å²) in [5.74, 6) is 3.24. The molecule has 0 saturated heterocycles. The predicted octanol–water partition coefficient (Wildman–Crippen LogP) is 3.96. The van der Waals surface area contributed by atoms with Gasteiger partial charge < -0.3 is 23.7 Å². The molecule has 0 bridgehead atoms. The average Bonchev–Trinajstić information content (AvgIpc) is 3.14. The highest BCUT2D eigenvalue weighted by Gasteiger charge is 2.21. The van der Waals surface area contributed by atoms with Crippen molar-refractivity contribution < 1.29 is 23.7 Å². The molecule has 3 aromatic rings. The first-order valence-corrected chi connectivity index (χ1v) is 8.16. The van der Waals surface area contributed by atoms with Crippen molar-refractivity contribution in [1.29, 1.82) is 0 Å². The smallest absolute Gasteiger partial charge is 0.231 e. The highest BCUT2D eigenvalue weighted by atomic mass is 16.7. The first-order valence-electron chi connectivity index (χ1n) is 8.16. The molecule has 134 valence electrons. The van der Waals surface area contributed by atoms with E-state index in [2.05, 4.69) is 0 Å². The summed E-state index contributed by atoms with van der Waals surface area (Å²) in [6.07, 6.45) is 0. The van der Waals surface area contributed by atoms with Gasteiger partial charge in [-0.15, -0.1) is 0 Å². The number of hydrogen-bond donors (Lipinski definition) is 0. The third-order valence-electron chi connectivity index (χ3n) is 4.47. The molecule has 0 spiro atoms. The van der Waals surface area contributed by atoms with E-state index in [9.17, 15) is 0 Å². The van der Waals surface area contributed by atoms with Crippen molar-refractivity contribution in [3.8, 4) is 40.0 Å². The van der Waals surface area contributed by atoms with Crippen molar-refractivity contribution in [3.63, 3.8) is 0 Å². The fourth-order valence-electron chi connectivity index (χ4n) is 3.15. The molecule has 0 fully saturated rings. The lowest BCUT2D eigenvalue weighted by molar-refractivity contribution is 0.171. The van der Waals surface area contributed by atoms with Crippen LogP contribution in [0.2, 0.25) is 0 Å². The fourth-order valence-corrected chi connectivity index (χ4v) is 3.15. The van der Waals surface area contributed by atoms with Crippen LogP contribution in [0.5, 0.6) is 28.7 Å². The van der Waals surface area contributed by atoms with Crippen LogP contribution < -0.4 is 23.7 Å². The monoisotopic (exact) mass is 353 g/mol. The van der Waals surface area contributed by atoms with Gasteiger partial charge in [-0.3, -0.25) is 0 Å². The number of hydrogen-bond acceptors (Lipinski definition) is 6. The molecule has 1 aliphatic heterocycles. The Hall–Kier alpha value is -3.15. The molecular weight excluding hydrogens is 334 g/mol. The van der Waals surface area contributed by atoms with Crippen LogP contribution in [0.3, 0.4) is 0 Å². The minimum atomic E-state index is 0.191. The Morgan fingerprint density at radius 2 is 1.58 bits per heavy atom. The summed E-state index contributed by atoms with van der Waals surface area (Å²) >= 11 is 0. The van der Waals surface area contributed by atoms with E-state index in [0.29, 0.717) is 28.7 Å². The lowest BCUT2D eigenvalue weighted by atomic mass is 10.0. The van der Waals surface area contributed by atoms with Crippen LogP contribution in [0.1, 0.15) is 5.56 Å². The van der Waals surface area contributed by atoms with E-state index in [1.807, 2.05) is 37.3 Å². The summed E-state index contributed by atoms with van der Waals surface area (Å²) in [6.45, 7) is 2.24. The van der Waals surface area contributed by atoms with Gasteiger partial charge in [-0.1, -0.05) is 0 Å². The molecule has 0 aliphatic carbocycles. The predicted molar refractivity (Wildman–Crippen MR) is 97.7 cm³/mol. The van der Waals surface area contributed by atoms with Gasteiger partial charge in [-0.2, -0.15) is 0 Å². The molecule has 4 rings (SSSR count). The van der Waals surface area contributed by atoms with Gasteiger partial charge in [-0.25, -0.2) is 4.98 Å². The van der Waals surface area contributed by atoms with Gasteiger partial charge in [0.05, 0.1) is 32.5 Å². The second kappa shape index (κ2) is 6.29. The maximum Gasteiger partial charge on any atom is 0.231 e. The number of nitrogens with zero attached hydrogens (tertiary/aromatic N) is 1. The van der Waals surface area contributed by atoms with Crippen molar-refractivity contribution in [2.75, 3.05) is 28.1 Å². The number of ether oxygens (including phenoxy) is 5. The summed E-state index contributed by atoms with van der Waals surface area (Å²) in [7, 11) is 4.85. The Balaban J connectivity index is 1.90. The van der Waals surface area contributed by atoms with E-state index in [-0.39, 0.29) is 6.79 Å². The van der Waals surface area contributed by atoms with Crippen molar-refractivity contribution in [1.82, 2.24) is 4.98 Å². The standard InChI is InChI=1S/C20H19NO5/c1-11-5-14(12-6-18(24-4)20-19(7-12)25-10-26-20)21-15-9-17(23-3)16(22-2)8-13(11)15/h5-9H,10H2,1-4H3. The van der Waals surface area contributed by atoms with Crippen LogP contribution in [-0.4, -0.2) is 33.1 Å². The summed E-state index contributed by atoms with van der Waals surface area (Å²) < 4.78 is 27.2. The van der Waals surface area contributed by atoms with Gasteiger partial charge in [0.1, 0.15) is 0 Å². The fraction of sp³-hybridized carbons (Fsp3) is 0.250. The SMILES string of the molecule is COc1cc2nc(-c3cc(OC)c4c(c3)OCO4)cc(C)c2cc1OC. The largest absolute Gasteiger partial charge is 0.493 e. The molecule has 0 atom stereocenters. The number of aryl methyl sites for hydroxylation is 1. The van der Waals surface area contributed by atoms with Crippen molar-refractivity contribution in [2.24, 2.45) is 0 Å². The molecule has 6 heteroatoms. The van der Waals surface area contributed by atoms with Crippen LogP contribution in [0, 0.1) is 6.92 Å². The van der Waals surface area contributed by atoms with Gasteiger partial charge in [-0.05, 0) is 36.8 Å². The summed E-state index contributed by atoms with van der Waals surface area (Å²) in [5, 5.41) is 1.01. The lowest BCUT2D eigenvalue weighted by Gasteiger charge is -2.13. The average molecular weight is 353 g/mol. The highest BCUT2D eigenvalue weighted by Crippen LogP contribution is 2.44. The van der Waals surface area contributed by atoms with E-state index in [0.717, 1.165) is 27.7 Å². The molecule has 2 heterocycles. The Morgan fingerprint density at radius 3 is 2.31 bits per heavy atom. The Labute approximate surface area is 151 Å². The molecule has 0 N–H and O–H groups in total. The summed E-state index contributed by atoms with van der Waals surface area (Å²) in [5.41, 5.74) is 3.63. The van der Waals surface area contributed by atoms with Crippen LogP contribution in [0.25, 0.3) is 22.2 Å². The number of aromatic nitrogens is 1. The maximum absolute atomic E-state index is 5.52. The van der Waals surface area contributed by atoms with E-state index >= 15 is 0 Å². The topological polar surface area (TPSA) is 59.0 Å². The van der Waals surface area contributed by atoms with E-state index in [4.69, 9.17) is 28.7 Å². The molecule has 0 radical (unpaired) electrons. The molecule has 0 unspecified atom stereocenters. The third-order valence-corrected chi connectivity index (χ3v) is 4.47. The van der Waals surface area contributed by atoms with Crippen molar-refractivity contribution in [2.45, 2.75) is 6.92 Å². The van der Waals surface area contributed by atoms with Crippen LogP contribution in [-0.2, 0) is 0 Å². The minimum absolute atomic E-state index is 0.191. The van der Waals surface area contributed by atoms with Gasteiger partial charge in [0.15, 0.2) is 23.0 Å². The van der Waals surface area contributed by atoms with Crippen molar-refractivity contribution in [3.05, 3.63) is 35.9 Å². The highest BCUT2D eigenvalue weighted by molar-refractivity contribution is 5.88. The Morgan fingerprint density at radius 1 is 0.846 bits per heavy atom. The summed E-state index contributed by atoms with van der Waals surface area (Å²) in [4.78, 5) is 4.80. The second-order valence-corrected chi connectivity index (χ2v) is 5.96. The molecule has 2 aromatic carbocycles. The number of pyridine rings is 1. The molecule has 0 amide bonds. The van der Waals surface area contributed by atoms with E-state index < -0.39 is 0 Å². The molecule has 1 aliphatic rings. The zero-order chi connectivity index (χ0) is 18.3. The number of benzene rings is 2. The first-order chi connectivity index (χ1) is 12.6. The number of fused-ring (bicyclic) bond motifs is 2. The first kappa shape index (κ1) is 16.3. The van der Waals surface area contributed by atoms with Gasteiger partial charge >= 0.3 is 0 Å². The van der Waals surface area contributed by atoms with E-state index in [1.165, 1.54) is 0 Å². The van der Waals surface area contributed by atoms with Crippen LogP contribution >= 0.6 is 0 Å². The Bertz CT molecular complexity index is 999. The zero-order valence-corrected chi connectivity index (χ0v) is 15.1. The molecular formula is C20H19NO5. The van der Waals surface area contributed by atoms with Crippen LogP contribution in [0.15, 0.2) is 30.3 Å².